The second-order valence-corrected chi connectivity index (χ2v) is 8.75. The molecule has 1 aliphatic heterocycles. The van der Waals surface area contributed by atoms with Crippen LogP contribution in [-0.4, -0.2) is 54.3 Å². The van der Waals surface area contributed by atoms with E-state index in [0.29, 0.717) is 26.2 Å². The molecule has 1 N–H and O–H groups in total. The molecule has 0 saturated carbocycles. The molecule has 3 rings (SSSR count). The van der Waals surface area contributed by atoms with Crippen molar-refractivity contribution >= 4 is 28.8 Å². The summed E-state index contributed by atoms with van der Waals surface area (Å²) < 4.78 is 0. The van der Waals surface area contributed by atoms with Gasteiger partial charge in [0.25, 0.3) is 5.91 Å². The average Bonchev–Trinajstić information content (AvgIpc) is 3.20. The van der Waals surface area contributed by atoms with Crippen LogP contribution in [0.5, 0.6) is 0 Å². The maximum Gasteiger partial charge on any atom is 0.264 e. The van der Waals surface area contributed by atoms with Gasteiger partial charge in [-0.2, -0.15) is 0 Å². The van der Waals surface area contributed by atoms with Gasteiger partial charge >= 0.3 is 0 Å². The molecule has 27 heavy (non-hydrogen) atoms. The summed E-state index contributed by atoms with van der Waals surface area (Å²) in [5.74, 6) is 0.135. The SMILES string of the molecule is CC(C)(C)c1ccccc1NCC(=O)N1CCN(C(=O)c2cccs2)CC1. The van der Waals surface area contributed by atoms with Gasteiger partial charge in [-0.3, -0.25) is 9.59 Å². The Bertz CT molecular complexity index is 788. The highest BCUT2D eigenvalue weighted by atomic mass is 32.1. The number of piperazine rings is 1. The van der Waals surface area contributed by atoms with Crippen LogP contribution in [0.15, 0.2) is 41.8 Å². The predicted molar refractivity (Wildman–Crippen MR) is 110 cm³/mol. The van der Waals surface area contributed by atoms with E-state index in [-0.39, 0.29) is 23.8 Å². The first kappa shape index (κ1) is 19.4. The molecule has 1 aliphatic rings. The first-order valence-corrected chi connectivity index (χ1v) is 10.2. The monoisotopic (exact) mass is 385 g/mol. The van der Waals surface area contributed by atoms with E-state index in [9.17, 15) is 9.59 Å². The number of anilines is 1. The van der Waals surface area contributed by atoms with Gasteiger partial charge in [0, 0.05) is 31.9 Å². The first-order valence-electron chi connectivity index (χ1n) is 9.30. The third kappa shape index (κ3) is 4.69. The lowest BCUT2D eigenvalue weighted by Crippen LogP contribution is -2.51. The Labute approximate surface area is 165 Å². The smallest absolute Gasteiger partial charge is 0.264 e. The van der Waals surface area contributed by atoms with Gasteiger partial charge in [0.1, 0.15) is 0 Å². The van der Waals surface area contributed by atoms with Crippen LogP contribution >= 0.6 is 11.3 Å². The molecule has 2 heterocycles. The van der Waals surface area contributed by atoms with Crippen LogP contribution in [0, 0.1) is 0 Å². The van der Waals surface area contributed by atoms with Crippen LogP contribution in [0.25, 0.3) is 0 Å². The molecule has 0 radical (unpaired) electrons. The molecule has 5 nitrogen and oxygen atoms in total. The molecule has 0 bridgehead atoms. The average molecular weight is 386 g/mol. The van der Waals surface area contributed by atoms with Crippen LogP contribution in [0.1, 0.15) is 36.0 Å². The van der Waals surface area contributed by atoms with E-state index in [1.165, 1.54) is 16.9 Å². The third-order valence-electron chi connectivity index (χ3n) is 4.82. The molecule has 2 aromatic rings. The van der Waals surface area contributed by atoms with E-state index in [1.807, 2.05) is 45.5 Å². The fourth-order valence-electron chi connectivity index (χ4n) is 3.29. The summed E-state index contributed by atoms with van der Waals surface area (Å²) in [6.45, 7) is 9.10. The largest absolute Gasteiger partial charge is 0.376 e. The molecule has 0 atom stereocenters. The first-order chi connectivity index (χ1) is 12.9. The maximum absolute atomic E-state index is 12.6. The van der Waals surface area contributed by atoms with Crippen molar-refractivity contribution in [2.24, 2.45) is 0 Å². The number of carbonyl (C=O) groups is 2. The zero-order chi connectivity index (χ0) is 19.4. The second kappa shape index (κ2) is 8.13. The molecule has 1 fully saturated rings. The number of carbonyl (C=O) groups excluding carboxylic acids is 2. The van der Waals surface area contributed by atoms with E-state index in [1.54, 1.807) is 0 Å². The molecular formula is C21H27N3O2S. The van der Waals surface area contributed by atoms with Crippen molar-refractivity contribution in [1.82, 2.24) is 9.80 Å². The van der Waals surface area contributed by atoms with Gasteiger partial charge in [0.15, 0.2) is 0 Å². The highest BCUT2D eigenvalue weighted by Gasteiger charge is 2.25. The van der Waals surface area contributed by atoms with Gasteiger partial charge in [0.2, 0.25) is 5.91 Å². The second-order valence-electron chi connectivity index (χ2n) is 7.80. The van der Waals surface area contributed by atoms with E-state index < -0.39 is 0 Å². The van der Waals surface area contributed by atoms with Gasteiger partial charge in [-0.05, 0) is 28.5 Å². The van der Waals surface area contributed by atoms with E-state index in [4.69, 9.17) is 0 Å². The Balaban J connectivity index is 1.53. The van der Waals surface area contributed by atoms with E-state index in [0.717, 1.165) is 10.6 Å². The lowest BCUT2D eigenvalue weighted by molar-refractivity contribution is -0.130. The minimum absolute atomic E-state index is 0.0143. The number of nitrogens with zero attached hydrogens (tertiary/aromatic N) is 2. The van der Waals surface area contributed by atoms with Crippen LogP contribution in [-0.2, 0) is 10.2 Å². The number of para-hydroxylation sites is 1. The summed E-state index contributed by atoms with van der Waals surface area (Å²) in [5.41, 5.74) is 2.22. The van der Waals surface area contributed by atoms with Crippen molar-refractivity contribution < 1.29 is 9.59 Å². The maximum atomic E-state index is 12.6. The molecular weight excluding hydrogens is 358 g/mol. The Morgan fingerprint density at radius 3 is 2.30 bits per heavy atom. The summed E-state index contributed by atoms with van der Waals surface area (Å²) in [6.07, 6.45) is 0. The Hall–Kier alpha value is -2.34. The quantitative estimate of drug-likeness (QED) is 0.877. The molecule has 0 aliphatic carbocycles. The number of hydrogen-bond acceptors (Lipinski definition) is 4. The van der Waals surface area contributed by atoms with Gasteiger partial charge in [-0.15, -0.1) is 11.3 Å². The molecule has 0 unspecified atom stereocenters. The van der Waals surface area contributed by atoms with E-state index >= 15 is 0 Å². The van der Waals surface area contributed by atoms with Crippen LogP contribution in [0.4, 0.5) is 5.69 Å². The lowest BCUT2D eigenvalue weighted by atomic mass is 9.86. The van der Waals surface area contributed by atoms with Gasteiger partial charge in [-0.1, -0.05) is 45.0 Å². The number of amides is 2. The minimum Gasteiger partial charge on any atom is -0.376 e. The lowest BCUT2D eigenvalue weighted by Gasteiger charge is -2.34. The topological polar surface area (TPSA) is 52.7 Å². The Kier molecular flexibility index (Phi) is 5.85. The molecule has 1 aromatic heterocycles. The van der Waals surface area contributed by atoms with Gasteiger partial charge in [-0.25, -0.2) is 0 Å². The minimum atomic E-state index is 0.0143. The predicted octanol–water partition coefficient (Wildman–Crippen LogP) is 3.44. The third-order valence-corrected chi connectivity index (χ3v) is 5.67. The summed E-state index contributed by atoms with van der Waals surface area (Å²) >= 11 is 1.46. The molecule has 6 heteroatoms. The normalized spacial score (nSPS) is 14.9. The highest BCUT2D eigenvalue weighted by molar-refractivity contribution is 7.12. The zero-order valence-electron chi connectivity index (χ0n) is 16.2. The van der Waals surface area contributed by atoms with Gasteiger partial charge in [0.05, 0.1) is 11.4 Å². The van der Waals surface area contributed by atoms with Gasteiger partial charge < -0.3 is 15.1 Å². The number of hydrogen-bond donors (Lipinski definition) is 1. The summed E-state index contributed by atoms with van der Waals surface area (Å²) in [5, 5.41) is 5.21. The van der Waals surface area contributed by atoms with Crippen LogP contribution in [0.2, 0.25) is 0 Å². The van der Waals surface area contributed by atoms with Crippen molar-refractivity contribution in [3.05, 3.63) is 52.2 Å². The van der Waals surface area contributed by atoms with E-state index in [2.05, 4.69) is 32.2 Å². The summed E-state index contributed by atoms with van der Waals surface area (Å²) in [7, 11) is 0. The number of rotatable bonds is 4. The van der Waals surface area contributed by atoms with Crippen molar-refractivity contribution in [3.8, 4) is 0 Å². The molecule has 2 amide bonds. The zero-order valence-corrected chi connectivity index (χ0v) is 17.0. The van der Waals surface area contributed by atoms with Crippen molar-refractivity contribution in [2.45, 2.75) is 26.2 Å². The Morgan fingerprint density at radius 2 is 1.67 bits per heavy atom. The fourth-order valence-corrected chi connectivity index (χ4v) is 3.98. The fraction of sp³-hybridized carbons (Fsp3) is 0.429. The standard InChI is InChI=1S/C21H27N3O2S/c1-21(2,3)16-7-4-5-8-17(16)22-15-19(25)23-10-12-24(13-11-23)20(26)18-9-6-14-27-18/h4-9,14,22H,10-13,15H2,1-3H3. The summed E-state index contributed by atoms with van der Waals surface area (Å²) in [6, 6.07) is 11.9. The number of nitrogens with one attached hydrogen (secondary N) is 1. The molecule has 0 spiro atoms. The van der Waals surface area contributed by atoms with Crippen LogP contribution in [0.3, 0.4) is 0 Å². The molecule has 1 saturated heterocycles. The highest BCUT2D eigenvalue weighted by Crippen LogP contribution is 2.29. The molecule has 1 aromatic carbocycles. The van der Waals surface area contributed by atoms with Crippen molar-refractivity contribution in [3.63, 3.8) is 0 Å². The molecule has 144 valence electrons. The number of benzene rings is 1. The van der Waals surface area contributed by atoms with Crippen molar-refractivity contribution in [1.29, 1.82) is 0 Å². The Morgan fingerprint density at radius 1 is 1.00 bits per heavy atom. The van der Waals surface area contributed by atoms with Crippen LogP contribution < -0.4 is 5.32 Å². The van der Waals surface area contributed by atoms with Crippen molar-refractivity contribution in [2.75, 3.05) is 38.0 Å². The number of thiophene rings is 1. The summed E-state index contributed by atoms with van der Waals surface area (Å²) in [4.78, 5) is 29.4.